The van der Waals surface area contributed by atoms with Crippen LogP contribution in [0.3, 0.4) is 0 Å². The summed E-state index contributed by atoms with van der Waals surface area (Å²) >= 11 is 0. The Labute approximate surface area is 104 Å². The average molecular weight is 236 g/mol. The first kappa shape index (κ1) is 12.6. The SMILES string of the molecule is CN1CCC(NCc2cnn(C(C)(C)C)c2)C1. The number of nitrogens with one attached hydrogen (secondary N) is 1. The van der Waals surface area contributed by atoms with E-state index in [1.807, 2.05) is 10.9 Å². The van der Waals surface area contributed by atoms with Crippen molar-refractivity contribution in [3.05, 3.63) is 18.0 Å². The molecule has 4 heteroatoms. The van der Waals surface area contributed by atoms with Crippen LogP contribution in [0.5, 0.6) is 0 Å². The summed E-state index contributed by atoms with van der Waals surface area (Å²) in [6.45, 7) is 9.80. The maximum Gasteiger partial charge on any atom is 0.0543 e. The minimum Gasteiger partial charge on any atom is -0.308 e. The second-order valence-electron chi connectivity index (χ2n) is 6.09. The molecule has 0 bridgehead atoms. The summed E-state index contributed by atoms with van der Waals surface area (Å²) in [6, 6.07) is 0.637. The molecular weight excluding hydrogens is 212 g/mol. The number of hydrogen-bond acceptors (Lipinski definition) is 3. The summed E-state index contributed by atoms with van der Waals surface area (Å²) in [5.74, 6) is 0. The van der Waals surface area contributed by atoms with Gasteiger partial charge in [0.2, 0.25) is 0 Å². The van der Waals surface area contributed by atoms with E-state index in [2.05, 4.69) is 49.3 Å². The van der Waals surface area contributed by atoms with Gasteiger partial charge in [0.05, 0.1) is 11.7 Å². The molecular formula is C13H24N4. The quantitative estimate of drug-likeness (QED) is 0.862. The van der Waals surface area contributed by atoms with E-state index in [0.29, 0.717) is 6.04 Å². The molecule has 1 aromatic rings. The van der Waals surface area contributed by atoms with Gasteiger partial charge in [-0.1, -0.05) is 0 Å². The molecule has 1 aromatic heterocycles. The zero-order valence-corrected chi connectivity index (χ0v) is 11.4. The van der Waals surface area contributed by atoms with Gasteiger partial charge in [-0.15, -0.1) is 0 Å². The third-order valence-electron chi connectivity index (χ3n) is 3.31. The number of aromatic nitrogens is 2. The smallest absolute Gasteiger partial charge is 0.0543 e. The van der Waals surface area contributed by atoms with Gasteiger partial charge in [-0.3, -0.25) is 4.68 Å². The molecule has 1 aliphatic rings. The van der Waals surface area contributed by atoms with Gasteiger partial charge in [0, 0.05) is 30.9 Å². The highest BCUT2D eigenvalue weighted by molar-refractivity contribution is 5.05. The first-order valence-corrected chi connectivity index (χ1v) is 6.41. The lowest BCUT2D eigenvalue weighted by molar-refractivity contribution is 0.355. The molecule has 4 nitrogen and oxygen atoms in total. The summed E-state index contributed by atoms with van der Waals surface area (Å²) < 4.78 is 2.03. The van der Waals surface area contributed by atoms with E-state index < -0.39 is 0 Å². The van der Waals surface area contributed by atoms with Gasteiger partial charge in [0.1, 0.15) is 0 Å². The Morgan fingerprint density at radius 3 is 2.76 bits per heavy atom. The lowest BCUT2D eigenvalue weighted by Crippen LogP contribution is -2.30. The van der Waals surface area contributed by atoms with Gasteiger partial charge < -0.3 is 10.2 Å². The van der Waals surface area contributed by atoms with Crippen molar-refractivity contribution in [3.8, 4) is 0 Å². The molecule has 1 aliphatic heterocycles. The van der Waals surface area contributed by atoms with Crippen molar-refractivity contribution in [3.63, 3.8) is 0 Å². The van der Waals surface area contributed by atoms with Crippen molar-refractivity contribution in [2.45, 2.75) is 45.3 Å². The number of hydrogen-bond donors (Lipinski definition) is 1. The Morgan fingerprint density at radius 1 is 1.47 bits per heavy atom. The fraction of sp³-hybridized carbons (Fsp3) is 0.769. The summed E-state index contributed by atoms with van der Waals surface area (Å²) in [4.78, 5) is 2.37. The highest BCUT2D eigenvalue weighted by Crippen LogP contribution is 2.13. The standard InChI is InChI=1S/C13H24N4/c1-13(2,3)17-9-11(8-15-17)7-14-12-5-6-16(4)10-12/h8-9,12,14H,5-7,10H2,1-4H3. The van der Waals surface area contributed by atoms with Crippen molar-refractivity contribution in [2.24, 2.45) is 0 Å². The third-order valence-corrected chi connectivity index (χ3v) is 3.31. The molecule has 0 aliphatic carbocycles. The molecule has 1 fully saturated rings. The highest BCUT2D eigenvalue weighted by atomic mass is 15.3. The van der Waals surface area contributed by atoms with Crippen LogP contribution < -0.4 is 5.32 Å². The number of nitrogens with zero attached hydrogens (tertiary/aromatic N) is 3. The van der Waals surface area contributed by atoms with Gasteiger partial charge >= 0.3 is 0 Å². The van der Waals surface area contributed by atoms with Crippen LogP contribution in [0.25, 0.3) is 0 Å². The first-order chi connectivity index (χ1) is 7.95. The fourth-order valence-corrected chi connectivity index (χ4v) is 2.18. The molecule has 0 radical (unpaired) electrons. The topological polar surface area (TPSA) is 33.1 Å². The molecule has 0 amide bonds. The zero-order valence-electron chi connectivity index (χ0n) is 11.4. The van der Waals surface area contributed by atoms with Crippen LogP contribution in [0.4, 0.5) is 0 Å². The van der Waals surface area contributed by atoms with Crippen molar-refractivity contribution in [2.75, 3.05) is 20.1 Å². The predicted octanol–water partition coefficient (Wildman–Crippen LogP) is 1.43. The van der Waals surface area contributed by atoms with Gasteiger partial charge in [-0.05, 0) is 40.8 Å². The van der Waals surface area contributed by atoms with Crippen LogP contribution in [-0.4, -0.2) is 40.9 Å². The normalized spacial score (nSPS) is 22.2. The third kappa shape index (κ3) is 3.30. The number of likely N-dealkylation sites (tertiary alicyclic amines) is 1. The van der Waals surface area contributed by atoms with Gasteiger partial charge in [-0.2, -0.15) is 5.10 Å². The summed E-state index contributed by atoms with van der Waals surface area (Å²) in [7, 11) is 2.18. The molecule has 0 spiro atoms. The Balaban J connectivity index is 1.85. The van der Waals surface area contributed by atoms with Crippen molar-refractivity contribution < 1.29 is 0 Å². The maximum atomic E-state index is 4.41. The van der Waals surface area contributed by atoms with Gasteiger partial charge in [0.25, 0.3) is 0 Å². The molecule has 0 aromatic carbocycles. The number of rotatable bonds is 3. The molecule has 1 unspecified atom stereocenters. The van der Waals surface area contributed by atoms with Crippen molar-refractivity contribution >= 4 is 0 Å². The molecule has 17 heavy (non-hydrogen) atoms. The van der Waals surface area contributed by atoms with Crippen LogP contribution in [0.1, 0.15) is 32.8 Å². The second-order valence-corrected chi connectivity index (χ2v) is 6.09. The van der Waals surface area contributed by atoms with Crippen LogP contribution in [0.15, 0.2) is 12.4 Å². The minimum absolute atomic E-state index is 0.0752. The Morgan fingerprint density at radius 2 is 2.24 bits per heavy atom. The lowest BCUT2D eigenvalue weighted by Gasteiger charge is -2.18. The van der Waals surface area contributed by atoms with E-state index in [1.165, 1.54) is 18.5 Å². The van der Waals surface area contributed by atoms with E-state index in [1.54, 1.807) is 0 Å². The second kappa shape index (κ2) is 4.78. The van der Waals surface area contributed by atoms with Crippen LogP contribution in [0.2, 0.25) is 0 Å². The lowest BCUT2D eigenvalue weighted by atomic mass is 10.1. The highest BCUT2D eigenvalue weighted by Gasteiger charge is 2.19. The Hall–Kier alpha value is -0.870. The largest absolute Gasteiger partial charge is 0.308 e. The minimum atomic E-state index is 0.0752. The van der Waals surface area contributed by atoms with Crippen LogP contribution in [0, 0.1) is 0 Å². The van der Waals surface area contributed by atoms with E-state index in [-0.39, 0.29) is 5.54 Å². The van der Waals surface area contributed by atoms with Crippen molar-refractivity contribution in [1.29, 1.82) is 0 Å². The first-order valence-electron chi connectivity index (χ1n) is 6.41. The van der Waals surface area contributed by atoms with E-state index >= 15 is 0 Å². The summed E-state index contributed by atoms with van der Waals surface area (Å²) in [6.07, 6.45) is 5.37. The molecule has 96 valence electrons. The predicted molar refractivity (Wildman–Crippen MR) is 70.0 cm³/mol. The Bertz CT molecular complexity index is 364. The molecule has 2 heterocycles. The summed E-state index contributed by atoms with van der Waals surface area (Å²) in [5, 5.41) is 8.01. The van der Waals surface area contributed by atoms with Crippen molar-refractivity contribution in [1.82, 2.24) is 20.0 Å². The molecule has 1 atom stereocenters. The van der Waals surface area contributed by atoms with Gasteiger partial charge in [0.15, 0.2) is 0 Å². The molecule has 1 saturated heterocycles. The summed E-state index contributed by atoms with van der Waals surface area (Å²) in [5.41, 5.74) is 1.35. The number of likely N-dealkylation sites (N-methyl/N-ethyl adjacent to an activating group) is 1. The molecule has 1 N–H and O–H groups in total. The monoisotopic (exact) mass is 236 g/mol. The van der Waals surface area contributed by atoms with E-state index in [9.17, 15) is 0 Å². The van der Waals surface area contributed by atoms with Crippen LogP contribution >= 0.6 is 0 Å². The van der Waals surface area contributed by atoms with E-state index in [4.69, 9.17) is 0 Å². The average Bonchev–Trinajstić information content (AvgIpc) is 2.82. The molecule has 0 saturated carbocycles. The molecule has 2 rings (SSSR count). The fourth-order valence-electron chi connectivity index (χ4n) is 2.18. The van der Waals surface area contributed by atoms with Gasteiger partial charge in [-0.25, -0.2) is 0 Å². The maximum absolute atomic E-state index is 4.41. The van der Waals surface area contributed by atoms with Crippen LogP contribution in [-0.2, 0) is 12.1 Å². The zero-order chi connectivity index (χ0) is 12.5. The van der Waals surface area contributed by atoms with E-state index in [0.717, 1.165) is 13.1 Å². The Kier molecular flexibility index (Phi) is 3.54.